The van der Waals surface area contributed by atoms with E-state index in [2.05, 4.69) is 20.8 Å². The van der Waals surface area contributed by atoms with Crippen LogP contribution in [0, 0.1) is 0 Å². The number of hydrogen-bond donors (Lipinski definition) is 3. The van der Waals surface area contributed by atoms with Crippen molar-refractivity contribution in [2.24, 2.45) is 12.8 Å². The fourth-order valence-electron chi connectivity index (χ4n) is 0.958. The van der Waals surface area contributed by atoms with Gasteiger partial charge >= 0.3 is 0 Å². The third kappa shape index (κ3) is 3.65. The quantitative estimate of drug-likeness (QED) is 0.513. The van der Waals surface area contributed by atoms with Crippen molar-refractivity contribution in [3.63, 3.8) is 0 Å². The summed E-state index contributed by atoms with van der Waals surface area (Å²) in [4.78, 5) is 22.0. The number of carbonyl (C=O) groups excluding carboxylic acids is 2. The highest BCUT2D eigenvalue weighted by Crippen LogP contribution is 1.89. The zero-order valence-corrected chi connectivity index (χ0v) is 8.93. The Morgan fingerprint density at radius 1 is 1.44 bits per heavy atom. The molecule has 0 aliphatic carbocycles. The van der Waals surface area contributed by atoms with E-state index in [9.17, 15) is 9.59 Å². The molecule has 8 heteroatoms. The summed E-state index contributed by atoms with van der Waals surface area (Å²) in [5, 5.41) is 12.4. The van der Waals surface area contributed by atoms with Gasteiger partial charge in [0.1, 0.15) is 6.33 Å². The van der Waals surface area contributed by atoms with Crippen molar-refractivity contribution in [3.8, 4) is 0 Å². The summed E-state index contributed by atoms with van der Waals surface area (Å²) in [6.45, 7) is 0.0538. The van der Waals surface area contributed by atoms with Crippen LogP contribution < -0.4 is 16.4 Å². The number of carbonyl (C=O) groups is 2. The monoisotopic (exact) mass is 226 g/mol. The first kappa shape index (κ1) is 12.1. The topological polar surface area (TPSA) is 115 Å². The molecule has 0 spiro atoms. The molecule has 1 aromatic heterocycles. The fraction of sp³-hybridized carbons (Fsp3) is 0.500. The molecule has 1 rings (SSSR count). The number of nitrogens with one attached hydrogen (secondary N) is 2. The van der Waals surface area contributed by atoms with E-state index in [0.717, 1.165) is 0 Å². The number of nitrogens with zero attached hydrogens (tertiary/aromatic N) is 3. The highest BCUT2D eigenvalue weighted by atomic mass is 16.2. The van der Waals surface area contributed by atoms with Crippen molar-refractivity contribution >= 4 is 11.8 Å². The summed E-state index contributed by atoms with van der Waals surface area (Å²) in [7, 11) is 1.78. The van der Waals surface area contributed by atoms with Crippen LogP contribution in [0.3, 0.4) is 0 Å². The van der Waals surface area contributed by atoms with E-state index >= 15 is 0 Å². The minimum Gasteiger partial charge on any atom is -0.347 e. The number of nitrogens with two attached hydrogens (primary N) is 1. The Bertz CT molecular complexity index is 374. The predicted octanol–water partition coefficient (Wildman–Crippen LogP) is -2.49. The van der Waals surface area contributed by atoms with E-state index in [-0.39, 0.29) is 31.4 Å². The molecule has 16 heavy (non-hydrogen) atoms. The van der Waals surface area contributed by atoms with E-state index in [4.69, 9.17) is 5.73 Å². The molecule has 0 radical (unpaired) electrons. The summed E-state index contributed by atoms with van der Waals surface area (Å²) in [6.07, 6.45) is 1.54. The van der Waals surface area contributed by atoms with Crippen LogP contribution in [-0.4, -0.2) is 39.7 Å². The lowest BCUT2D eigenvalue weighted by atomic mass is 10.5. The molecule has 0 aliphatic heterocycles. The molecule has 1 aromatic rings. The molecule has 0 atom stereocenters. The third-order valence-electron chi connectivity index (χ3n) is 1.88. The first-order chi connectivity index (χ1) is 7.63. The van der Waals surface area contributed by atoms with Gasteiger partial charge in [-0.25, -0.2) is 0 Å². The van der Waals surface area contributed by atoms with Gasteiger partial charge in [-0.2, -0.15) is 0 Å². The van der Waals surface area contributed by atoms with Gasteiger partial charge in [0, 0.05) is 7.05 Å². The Balaban J connectivity index is 2.25. The smallest absolute Gasteiger partial charge is 0.239 e. The van der Waals surface area contributed by atoms with E-state index in [0.29, 0.717) is 5.82 Å². The standard InChI is InChI=1S/C8H14N6O2/c1-14-5-12-13-6(14)3-10-8(16)4-11-7(15)2-9/h5H,2-4,9H2,1H3,(H,10,16)(H,11,15). The van der Waals surface area contributed by atoms with Crippen molar-refractivity contribution in [1.82, 2.24) is 25.4 Å². The minimum atomic E-state index is -0.367. The second-order valence-corrected chi connectivity index (χ2v) is 3.12. The molecule has 0 bridgehead atoms. The zero-order valence-electron chi connectivity index (χ0n) is 8.93. The Morgan fingerprint density at radius 2 is 2.19 bits per heavy atom. The average molecular weight is 226 g/mol. The Kier molecular flexibility index (Phi) is 4.40. The first-order valence-corrected chi connectivity index (χ1v) is 4.70. The summed E-state index contributed by atoms with van der Waals surface area (Å²) in [5.41, 5.74) is 5.06. The van der Waals surface area contributed by atoms with Gasteiger partial charge in [-0.3, -0.25) is 9.59 Å². The summed E-state index contributed by atoms with van der Waals surface area (Å²) < 4.78 is 1.69. The van der Waals surface area contributed by atoms with Crippen molar-refractivity contribution < 1.29 is 9.59 Å². The van der Waals surface area contributed by atoms with Gasteiger partial charge in [0.15, 0.2) is 5.82 Å². The van der Waals surface area contributed by atoms with Crippen LogP contribution in [0.25, 0.3) is 0 Å². The molecular formula is C8H14N6O2. The summed E-state index contributed by atoms with van der Waals surface area (Å²) in [6, 6.07) is 0. The van der Waals surface area contributed by atoms with Gasteiger partial charge in [0.25, 0.3) is 0 Å². The number of aromatic nitrogens is 3. The number of amides is 2. The van der Waals surface area contributed by atoms with Gasteiger partial charge in [0.05, 0.1) is 19.6 Å². The second kappa shape index (κ2) is 5.81. The Hall–Kier alpha value is -1.96. The molecule has 8 nitrogen and oxygen atoms in total. The molecule has 0 aromatic carbocycles. The molecule has 0 saturated carbocycles. The SMILES string of the molecule is Cn1cnnc1CNC(=O)CNC(=O)CN. The maximum Gasteiger partial charge on any atom is 0.239 e. The first-order valence-electron chi connectivity index (χ1n) is 4.70. The predicted molar refractivity (Wildman–Crippen MR) is 54.9 cm³/mol. The Morgan fingerprint density at radius 3 is 2.75 bits per heavy atom. The molecule has 0 fully saturated rings. The van der Waals surface area contributed by atoms with Crippen molar-refractivity contribution in [2.45, 2.75) is 6.54 Å². The minimum absolute atomic E-state index is 0.0894. The zero-order chi connectivity index (χ0) is 12.0. The van der Waals surface area contributed by atoms with Crippen LogP contribution >= 0.6 is 0 Å². The van der Waals surface area contributed by atoms with Crippen molar-refractivity contribution in [3.05, 3.63) is 12.2 Å². The van der Waals surface area contributed by atoms with Gasteiger partial charge in [-0.15, -0.1) is 10.2 Å². The third-order valence-corrected chi connectivity index (χ3v) is 1.88. The van der Waals surface area contributed by atoms with Crippen LogP contribution in [0.1, 0.15) is 5.82 Å². The lowest BCUT2D eigenvalue weighted by Crippen LogP contribution is -2.39. The molecule has 0 aliphatic rings. The van der Waals surface area contributed by atoms with Gasteiger partial charge < -0.3 is 20.9 Å². The molecule has 1 heterocycles. The van der Waals surface area contributed by atoms with Gasteiger partial charge in [-0.1, -0.05) is 0 Å². The highest BCUT2D eigenvalue weighted by molar-refractivity contribution is 5.85. The van der Waals surface area contributed by atoms with Gasteiger partial charge in [-0.05, 0) is 0 Å². The van der Waals surface area contributed by atoms with E-state index in [1.54, 1.807) is 11.6 Å². The number of aryl methyl sites for hydroxylation is 1. The number of rotatable bonds is 5. The van der Waals surface area contributed by atoms with Crippen LogP contribution in [0.5, 0.6) is 0 Å². The largest absolute Gasteiger partial charge is 0.347 e. The number of hydrogen-bond acceptors (Lipinski definition) is 5. The molecule has 0 unspecified atom stereocenters. The van der Waals surface area contributed by atoms with Crippen LogP contribution in [0.15, 0.2) is 6.33 Å². The molecule has 88 valence electrons. The Labute approximate surface area is 92.2 Å². The fourth-order valence-corrected chi connectivity index (χ4v) is 0.958. The maximum absolute atomic E-state index is 11.2. The van der Waals surface area contributed by atoms with Gasteiger partial charge in [0.2, 0.25) is 11.8 Å². The van der Waals surface area contributed by atoms with Crippen LogP contribution in [0.2, 0.25) is 0 Å². The van der Waals surface area contributed by atoms with E-state index in [1.807, 2.05) is 0 Å². The van der Waals surface area contributed by atoms with E-state index in [1.165, 1.54) is 6.33 Å². The second-order valence-electron chi connectivity index (χ2n) is 3.12. The van der Waals surface area contributed by atoms with Crippen molar-refractivity contribution in [1.29, 1.82) is 0 Å². The maximum atomic E-state index is 11.2. The summed E-state index contributed by atoms with van der Waals surface area (Å²) >= 11 is 0. The van der Waals surface area contributed by atoms with Crippen LogP contribution in [-0.2, 0) is 23.2 Å². The van der Waals surface area contributed by atoms with Crippen LogP contribution in [0.4, 0.5) is 0 Å². The lowest BCUT2D eigenvalue weighted by molar-refractivity contribution is -0.125. The lowest BCUT2D eigenvalue weighted by Gasteiger charge is -2.05. The average Bonchev–Trinajstić information content (AvgIpc) is 2.69. The van der Waals surface area contributed by atoms with E-state index < -0.39 is 0 Å². The molecule has 4 N–H and O–H groups in total. The molecule has 2 amide bonds. The normalized spacial score (nSPS) is 9.88. The highest BCUT2D eigenvalue weighted by Gasteiger charge is 2.05. The molecule has 0 saturated heterocycles. The van der Waals surface area contributed by atoms with Crippen molar-refractivity contribution in [2.75, 3.05) is 13.1 Å². The summed E-state index contributed by atoms with van der Waals surface area (Å²) in [5.74, 6) is -0.0305. The molecular weight excluding hydrogens is 212 g/mol.